The second kappa shape index (κ2) is 11.5. The predicted molar refractivity (Wildman–Crippen MR) is 90.2 cm³/mol. The Morgan fingerprint density at radius 3 is 2.46 bits per heavy atom. The van der Waals surface area contributed by atoms with Crippen LogP contribution in [0.2, 0.25) is 0 Å². The topological polar surface area (TPSA) is 108 Å². The number of sulfonamides is 1. The molecule has 24 heavy (non-hydrogen) atoms. The second-order valence-corrected chi connectivity index (χ2v) is 11.1. The molecule has 0 amide bonds. The van der Waals surface area contributed by atoms with E-state index in [4.69, 9.17) is 16.3 Å². The van der Waals surface area contributed by atoms with Crippen LogP contribution in [0.1, 0.15) is 12.0 Å². The first-order valence-corrected chi connectivity index (χ1v) is 11.5. The monoisotopic (exact) mass is 418 g/mol. The summed E-state index contributed by atoms with van der Waals surface area (Å²) in [4.78, 5) is 10.6. The largest absolute Gasteiger partial charge is 1.00 e. The molecule has 0 spiro atoms. The quantitative estimate of drug-likeness (QED) is 0.236. The molecule has 130 valence electrons. The fourth-order valence-electron chi connectivity index (χ4n) is 1.57. The molecule has 1 unspecified atom stereocenters. The van der Waals surface area contributed by atoms with Crippen LogP contribution in [0.25, 0.3) is 0 Å². The molecule has 0 radical (unpaired) electrons. The van der Waals surface area contributed by atoms with Gasteiger partial charge in [0.2, 0.25) is 10.0 Å². The van der Waals surface area contributed by atoms with E-state index in [0.717, 1.165) is 5.56 Å². The van der Waals surface area contributed by atoms with Crippen LogP contribution in [0.5, 0.6) is 0 Å². The first kappa shape index (κ1) is 24.8. The zero-order valence-corrected chi connectivity index (χ0v) is 19.6. The van der Waals surface area contributed by atoms with E-state index in [0.29, 0.717) is 6.42 Å². The maximum Gasteiger partial charge on any atom is 1.00 e. The van der Waals surface area contributed by atoms with Crippen molar-refractivity contribution in [2.24, 2.45) is 0 Å². The summed E-state index contributed by atoms with van der Waals surface area (Å²) in [6.45, 7) is 3.55. The number of rotatable bonds is 10. The predicted octanol–water partition coefficient (Wildman–Crippen LogP) is -3.04. The molecule has 0 aromatic heterocycles. The third-order valence-electron chi connectivity index (χ3n) is 2.79. The molecule has 0 heterocycles. The van der Waals surface area contributed by atoms with E-state index >= 15 is 0 Å². The van der Waals surface area contributed by atoms with E-state index in [9.17, 15) is 18.3 Å². The number of carbonyl (C=O) groups excluding carboxylic acids is 1. The van der Waals surface area contributed by atoms with Crippen molar-refractivity contribution in [3.8, 4) is 0 Å². The number of carboxylic acid groups (broad SMARTS) is 1. The van der Waals surface area contributed by atoms with E-state index in [-0.39, 0.29) is 76.0 Å². The van der Waals surface area contributed by atoms with E-state index in [1.807, 2.05) is 6.92 Å². The number of hydrogen-bond donors (Lipinski definition) is 2. The van der Waals surface area contributed by atoms with Crippen molar-refractivity contribution >= 4 is 34.2 Å². The first-order valence-electron chi connectivity index (χ1n) is 6.86. The molecule has 0 fully saturated rings. The average molecular weight is 419 g/mol. The van der Waals surface area contributed by atoms with Crippen molar-refractivity contribution in [3.05, 3.63) is 29.8 Å². The average Bonchev–Trinajstić information content (AvgIpc) is 2.45. The summed E-state index contributed by atoms with van der Waals surface area (Å²) < 4.78 is 31.9. The Labute approximate surface area is 190 Å². The van der Waals surface area contributed by atoms with Crippen LogP contribution in [0.4, 0.5) is 0 Å². The zero-order chi connectivity index (χ0) is 17.5. The maximum absolute atomic E-state index is 12.0. The van der Waals surface area contributed by atoms with Gasteiger partial charge in [0.15, 0.2) is 0 Å². The van der Waals surface area contributed by atoms with Crippen LogP contribution in [0.15, 0.2) is 29.2 Å². The Bertz CT molecular complexity index is 682. The third kappa shape index (κ3) is 10.1. The van der Waals surface area contributed by atoms with Crippen LogP contribution >= 0.6 is 6.42 Å². The van der Waals surface area contributed by atoms with E-state index < -0.39 is 22.4 Å². The minimum absolute atomic E-state index is 0. The number of hydrogen-bond acceptors (Lipinski definition) is 6. The molecule has 0 aliphatic carbocycles. The molecule has 0 bridgehead atoms. The van der Waals surface area contributed by atoms with Crippen molar-refractivity contribution < 1.29 is 74.2 Å². The van der Waals surface area contributed by atoms with Crippen LogP contribution in [0, 0.1) is 6.92 Å². The summed E-state index contributed by atoms with van der Waals surface area (Å²) in [6.07, 6.45) is -1.98. The number of aryl methyl sites for hydroxylation is 1. The van der Waals surface area contributed by atoms with Gasteiger partial charge in [-0.2, -0.15) is 0 Å². The van der Waals surface area contributed by atoms with E-state index in [1.165, 1.54) is 0 Å². The third-order valence-corrected chi connectivity index (χ3v) is 6.38. The van der Waals surface area contributed by atoms with Crippen LogP contribution in [-0.4, -0.2) is 40.7 Å². The Balaban J connectivity index is 0.00000529. The van der Waals surface area contributed by atoms with Crippen LogP contribution < -0.4 is 66.3 Å². The Morgan fingerprint density at radius 2 is 1.92 bits per heavy atom. The number of carboxylic acids is 1. The minimum atomic E-state index is -3.54. The van der Waals surface area contributed by atoms with Crippen molar-refractivity contribution in [1.29, 1.82) is 0 Å². The van der Waals surface area contributed by atoms with Crippen molar-refractivity contribution in [1.82, 2.24) is 9.81 Å². The number of benzene rings is 1. The first-order chi connectivity index (χ1) is 10.6. The van der Waals surface area contributed by atoms with Gasteiger partial charge in [0.05, 0.1) is 17.5 Å². The van der Waals surface area contributed by atoms with E-state index in [2.05, 4.69) is 9.81 Å². The number of carbonyl (C=O) groups is 1. The summed E-state index contributed by atoms with van der Waals surface area (Å²) in [7, 11) is -3.54. The molecule has 0 aliphatic heterocycles. The molecule has 1 atom stereocenters. The summed E-state index contributed by atoms with van der Waals surface area (Å²) >= 11 is 5.12. The van der Waals surface area contributed by atoms with Crippen molar-refractivity contribution in [3.63, 3.8) is 0 Å². The van der Waals surface area contributed by atoms with Gasteiger partial charge in [-0.1, -0.05) is 29.5 Å². The van der Waals surface area contributed by atoms with Gasteiger partial charge in [-0.25, -0.2) is 13.1 Å². The van der Waals surface area contributed by atoms with Gasteiger partial charge < -0.3 is 14.4 Å². The fourth-order valence-corrected chi connectivity index (χ4v) is 4.05. The van der Waals surface area contributed by atoms with E-state index in [1.54, 1.807) is 30.9 Å². The van der Waals surface area contributed by atoms with Gasteiger partial charge in [0.1, 0.15) is 6.42 Å². The van der Waals surface area contributed by atoms with Gasteiger partial charge in [0.25, 0.3) is 0 Å². The molecule has 0 saturated heterocycles. The Morgan fingerprint density at radius 1 is 1.33 bits per heavy atom. The fraction of sp³-hybridized carbons (Fsp3) is 0.462. The normalized spacial score (nSPS) is 13.8. The zero-order valence-electron chi connectivity index (χ0n) is 13.9. The molecule has 0 aliphatic rings. The molecular formula is C13H20KN2O5PS2. The molecule has 1 rings (SSSR count). The second-order valence-electron chi connectivity index (χ2n) is 4.95. The molecule has 7 nitrogen and oxygen atoms in total. The maximum atomic E-state index is 12.0. The summed E-state index contributed by atoms with van der Waals surface area (Å²) in [5, 5.41) is 13.0. The van der Waals surface area contributed by atoms with Crippen molar-refractivity contribution in [2.45, 2.75) is 18.2 Å². The molecule has 0 saturated carbocycles. The van der Waals surface area contributed by atoms with Gasteiger partial charge in [-0.05, 0) is 25.5 Å². The Kier molecular flexibility index (Phi) is 11.9. The van der Waals surface area contributed by atoms with Crippen molar-refractivity contribution in [2.75, 3.05) is 26.4 Å². The SMILES string of the molecule is Cc1ccc(S(=O)(=O)NCCCOP(C)(=S)NCC(=O)[O-])cc1.[K+]. The minimum Gasteiger partial charge on any atom is -0.549 e. The molecule has 1 aromatic carbocycles. The standard InChI is InChI=1S/C13H21N2O5PS2.K/c1-11-4-6-12(7-5-11)23(18,19)15-8-3-9-20-21(2,22)14-10-13(16)17;/h4-7,15H,3,8-10H2,1-2H3,(H,14,22)(H,16,17);/q;+1/p-1. The molecular weight excluding hydrogens is 398 g/mol. The van der Waals surface area contributed by atoms with Gasteiger partial charge in [-0.15, -0.1) is 0 Å². The number of aliphatic carboxylic acids is 1. The molecule has 11 heteroatoms. The van der Waals surface area contributed by atoms with Crippen LogP contribution in [-0.2, 0) is 31.1 Å². The molecule has 2 N–H and O–H groups in total. The van der Waals surface area contributed by atoms with Crippen LogP contribution in [0.3, 0.4) is 0 Å². The smallest absolute Gasteiger partial charge is 0.549 e. The Hall–Kier alpha value is 0.806. The summed E-state index contributed by atoms with van der Waals surface area (Å²) in [5.74, 6) is -1.25. The summed E-state index contributed by atoms with van der Waals surface area (Å²) in [5.41, 5.74) is 0.982. The van der Waals surface area contributed by atoms with Gasteiger partial charge in [0, 0.05) is 19.8 Å². The summed E-state index contributed by atoms with van der Waals surface area (Å²) in [6, 6.07) is 6.55. The number of nitrogens with one attached hydrogen (secondary N) is 2. The molecule has 1 aromatic rings. The van der Waals surface area contributed by atoms with Gasteiger partial charge >= 0.3 is 51.4 Å². The van der Waals surface area contributed by atoms with Gasteiger partial charge in [-0.3, -0.25) is 5.09 Å².